The molecule has 0 fully saturated rings. The summed E-state index contributed by atoms with van der Waals surface area (Å²) in [4.78, 5) is 65.6. The molecule has 10 N–H and O–H groups in total. The quantitative estimate of drug-likeness (QED) is 0.114. The van der Waals surface area contributed by atoms with Crippen LogP contribution in [0.5, 0.6) is 0 Å². The van der Waals surface area contributed by atoms with Crippen molar-refractivity contribution in [2.24, 2.45) is 11.5 Å². The van der Waals surface area contributed by atoms with E-state index in [4.69, 9.17) is 11.5 Å². The standard InChI is InChI=1S/C28H34N6O7/c29-19(15-35)25(37)33-22(12-16-6-2-1-3-7-16)27(39)32-21(10-11-24(30)36)26(38)34-23(28(40)41)13-17-14-31-20-9-5-4-8-18(17)20/h1-9,14,19,21-23,31,35H,10-13,15,29H2,(H2,30,36)(H,32,39)(H,33,37)(H,34,38)(H,40,41). The molecule has 4 amide bonds. The molecule has 0 aliphatic carbocycles. The van der Waals surface area contributed by atoms with E-state index in [0.717, 1.165) is 10.9 Å². The predicted octanol–water partition coefficient (Wildman–Crippen LogP) is -0.923. The third-order valence-electron chi connectivity index (χ3n) is 6.48. The molecule has 0 radical (unpaired) electrons. The molecule has 1 aromatic heterocycles. The van der Waals surface area contributed by atoms with Crippen LogP contribution in [-0.4, -0.2) is 75.6 Å². The van der Waals surface area contributed by atoms with Crippen LogP contribution in [0, 0.1) is 0 Å². The van der Waals surface area contributed by atoms with Crippen molar-refractivity contribution in [3.05, 3.63) is 71.9 Å². The number of fused-ring (bicyclic) bond motifs is 1. The number of aliphatic hydroxyl groups is 1. The molecule has 13 heteroatoms. The highest BCUT2D eigenvalue weighted by Crippen LogP contribution is 2.19. The summed E-state index contributed by atoms with van der Waals surface area (Å²) < 4.78 is 0. The number of carbonyl (C=O) groups is 5. The van der Waals surface area contributed by atoms with Crippen LogP contribution in [0.1, 0.15) is 24.0 Å². The van der Waals surface area contributed by atoms with Gasteiger partial charge in [0.05, 0.1) is 6.61 Å². The summed E-state index contributed by atoms with van der Waals surface area (Å²) in [5, 5.41) is 27.3. The van der Waals surface area contributed by atoms with Crippen molar-refractivity contribution in [2.45, 2.75) is 49.9 Å². The highest BCUT2D eigenvalue weighted by molar-refractivity contribution is 5.94. The Labute approximate surface area is 235 Å². The average molecular weight is 567 g/mol. The minimum Gasteiger partial charge on any atom is -0.480 e. The third-order valence-corrected chi connectivity index (χ3v) is 6.48. The number of aliphatic hydroxyl groups excluding tert-OH is 1. The fourth-order valence-electron chi connectivity index (χ4n) is 4.24. The number of H-pyrrole nitrogens is 1. The van der Waals surface area contributed by atoms with Crippen molar-refractivity contribution < 1.29 is 34.2 Å². The number of benzene rings is 2. The highest BCUT2D eigenvalue weighted by atomic mass is 16.4. The number of amides is 4. The van der Waals surface area contributed by atoms with Crippen molar-refractivity contribution in [3.63, 3.8) is 0 Å². The molecule has 4 atom stereocenters. The van der Waals surface area contributed by atoms with E-state index in [1.807, 2.05) is 24.3 Å². The van der Waals surface area contributed by atoms with Crippen molar-refractivity contribution in [1.29, 1.82) is 0 Å². The second-order valence-electron chi connectivity index (χ2n) is 9.57. The van der Waals surface area contributed by atoms with Gasteiger partial charge in [0.2, 0.25) is 23.6 Å². The largest absolute Gasteiger partial charge is 0.480 e. The molecule has 3 aromatic rings. The number of para-hydroxylation sites is 1. The summed E-state index contributed by atoms with van der Waals surface area (Å²) >= 11 is 0. The van der Waals surface area contributed by atoms with E-state index >= 15 is 0 Å². The van der Waals surface area contributed by atoms with Crippen molar-refractivity contribution >= 4 is 40.5 Å². The Morgan fingerprint density at radius 3 is 2.07 bits per heavy atom. The second-order valence-corrected chi connectivity index (χ2v) is 9.57. The minimum atomic E-state index is -1.35. The lowest BCUT2D eigenvalue weighted by molar-refractivity contribution is -0.142. The molecule has 3 rings (SSSR count). The Morgan fingerprint density at radius 1 is 0.805 bits per heavy atom. The average Bonchev–Trinajstić information content (AvgIpc) is 3.36. The number of carboxylic acid groups (broad SMARTS) is 1. The van der Waals surface area contributed by atoms with Gasteiger partial charge in [0.15, 0.2) is 0 Å². The van der Waals surface area contributed by atoms with Crippen LogP contribution in [0.15, 0.2) is 60.8 Å². The summed E-state index contributed by atoms with van der Waals surface area (Å²) in [7, 11) is 0. The van der Waals surface area contributed by atoms with Gasteiger partial charge in [-0.25, -0.2) is 4.79 Å². The molecular formula is C28H34N6O7. The van der Waals surface area contributed by atoms with Gasteiger partial charge in [0.1, 0.15) is 24.2 Å². The van der Waals surface area contributed by atoms with Crippen LogP contribution < -0.4 is 27.4 Å². The molecule has 0 saturated carbocycles. The number of rotatable bonds is 15. The Morgan fingerprint density at radius 2 is 1.41 bits per heavy atom. The normalized spacial score (nSPS) is 13.9. The second kappa shape index (κ2) is 14.6. The summed E-state index contributed by atoms with van der Waals surface area (Å²) in [5.41, 5.74) is 13.0. The Kier molecular flexibility index (Phi) is 11.0. The first-order valence-electron chi connectivity index (χ1n) is 13.0. The molecule has 218 valence electrons. The number of carboxylic acids is 1. The monoisotopic (exact) mass is 566 g/mol. The number of nitrogens with two attached hydrogens (primary N) is 2. The van der Waals surface area contributed by atoms with E-state index in [-0.39, 0.29) is 25.7 Å². The third kappa shape index (κ3) is 8.88. The molecule has 1 heterocycles. The molecule has 0 saturated heterocycles. The zero-order chi connectivity index (χ0) is 29.9. The number of aromatic amines is 1. The number of hydrogen-bond acceptors (Lipinski definition) is 7. The first-order chi connectivity index (χ1) is 19.6. The van der Waals surface area contributed by atoms with E-state index in [0.29, 0.717) is 11.1 Å². The van der Waals surface area contributed by atoms with Crippen molar-refractivity contribution in [1.82, 2.24) is 20.9 Å². The van der Waals surface area contributed by atoms with E-state index in [2.05, 4.69) is 20.9 Å². The summed E-state index contributed by atoms with van der Waals surface area (Å²) in [6, 6.07) is 10.8. The fourth-order valence-corrected chi connectivity index (χ4v) is 4.24. The van der Waals surface area contributed by atoms with Crippen molar-refractivity contribution in [2.75, 3.05) is 6.61 Å². The van der Waals surface area contributed by atoms with Gasteiger partial charge in [-0.15, -0.1) is 0 Å². The van der Waals surface area contributed by atoms with E-state index in [9.17, 15) is 34.2 Å². The lowest BCUT2D eigenvalue weighted by Crippen LogP contribution is -2.58. The summed E-state index contributed by atoms with van der Waals surface area (Å²) in [6.45, 7) is -0.651. The maximum absolute atomic E-state index is 13.3. The molecule has 2 aromatic carbocycles. The zero-order valence-corrected chi connectivity index (χ0v) is 22.2. The maximum atomic E-state index is 13.3. The zero-order valence-electron chi connectivity index (χ0n) is 22.2. The lowest BCUT2D eigenvalue weighted by Gasteiger charge is -2.25. The minimum absolute atomic E-state index is 0.0268. The molecule has 0 bridgehead atoms. The highest BCUT2D eigenvalue weighted by Gasteiger charge is 2.31. The Bertz CT molecular complexity index is 1380. The van der Waals surface area contributed by atoms with Gasteiger partial charge in [0.25, 0.3) is 0 Å². The van der Waals surface area contributed by atoms with Crippen LogP contribution in [-0.2, 0) is 36.8 Å². The molecule has 0 aliphatic rings. The fraction of sp³-hybridized carbons (Fsp3) is 0.321. The number of hydrogen-bond donors (Lipinski definition) is 8. The van der Waals surface area contributed by atoms with Crippen LogP contribution in [0.2, 0.25) is 0 Å². The van der Waals surface area contributed by atoms with E-state index in [1.165, 1.54) is 0 Å². The molecule has 4 unspecified atom stereocenters. The number of primary amides is 1. The predicted molar refractivity (Wildman–Crippen MR) is 149 cm³/mol. The first kappa shape index (κ1) is 30.8. The van der Waals surface area contributed by atoms with Gasteiger partial charge in [-0.05, 0) is 23.6 Å². The van der Waals surface area contributed by atoms with Crippen LogP contribution in [0.3, 0.4) is 0 Å². The molecule has 0 spiro atoms. The van der Waals surface area contributed by atoms with E-state index in [1.54, 1.807) is 36.5 Å². The van der Waals surface area contributed by atoms with Gasteiger partial charge < -0.3 is 42.6 Å². The van der Waals surface area contributed by atoms with Crippen molar-refractivity contribution in [3.8, 4) is 0 Å². The van der Waals surface area contributed by atoms with Gasteiger partial charge in [0, 0.05) is 36.4 Å². The molecule has 13 nitrogen and oxygen atoms in total. The number of aromatic nitrogens is 1. The summed E-state index contributed by atoms with van der Waals surface area (Å²) in [6.07, 6.45) is 1.15. The van der Waals surface area contributed by atoms with Crippen LogP contribution >= 0.6 is 0 Å². The number of carbonyl (C=O) groups excluding carboxylic acids is 4. The lowest BCUT2D eigenvalue weighted by atomic mass is 10.0. The smallest absolute Gasteiger partial charge is 0.326 e. The first-order valence-corrected chi connectivity index (χ1v) is 13.0. The Hall–Kier alpha value is -4.75. The number of aliphatic carboxylic acids is 1. The molecule has 41 heavy (non-hydrogen) atoms. The van der Waals surface area contributed by atoms with Gasteiger partial charge in [-0.2, -0.15) is 0 Å². The van der Waals surface area contributed by atoms with Gasteiger partial charge in [-0.1, -0.05) is 48.5 Å². The molecule has 0 aliphatic heterocycles. The van der Waals surface area contributed by atoms with Crippen LogP contribution in [0.25, 0.3) is 10.9 Å². The number of nitrogens with one attached hydrogen (secondary N) is 4. The molecular weight excluding hydrogens is 532 g/mol. The topological polar surface area (TPSA) is 230 Å². The summed E-state index contributed by atoms with van der Waals surface area (Å²) in [5.74, 6) is -4.43. The van der Waals surface area contributed by atoms with Gasteiger partial charge >= 0.3 is 5.97 Å². The van der Waals surface area contributed by atoms with Crippen LogP contribution in [0.4, 0.5) is 0 Å². The maximum Gasteiger partial charge on any atom is 0.326 e. The Balaban J connectivity index is 1.79. The van der Waals surface area contributed by atoms with E-state index < -0.39 is 60.4 Å². The SMILES string of the molecule is NC(=O)CCC(NC(=O)C(Cc1ccccc1)NC(=O)C(N)CO)C(=O)NC(Cc1c[nH]c2ccccc12)C(=O)O. The van der Waals surface area contributed by atoms with Gasteiger partial charge in [-0.3, -0.25) is 19.2 Å².